The molecule has 3 aliphatic rings. The summed E-state index contributed by atoms with van der Waals surface area (Å²) in [6.45, 7) is 3.31. The van der Waals surface area contributed by atoms with E-state index in [9.17, 15) is 9.32 Å². The smallest absolute Gasteiger partial charge is 0.227 e. The van der Waals surface area contributed by atoms with Gasteiger partial charge in [0.1, 0.15) is 16.5 Å². The van der Waals surface area contributed by atoms with Crippen LogP contribution in [0.1, 0.15) is 18.5 Å². The molecular weight excluding hydrogens is 424 g/mol. The number of hydrogen-bond donors (Lipinski definition) is 2. The van der Waals surface area contributed by atoms with Gasteiger partial charge in [-0.1, -0.05) is 18.2 Å². The van der Waals surface area contributed by atoms with Crippen LogP contribution in [0.25, 0.3) is 10.9 Å². The van der Waals surface area contributed by atoms with E-state index in [2.05, 4.69) is 33.3 Å². The van der Waals surface area contributed by atoms with Crippen molar-refractivity contribution in [3.05, 3.63) is 42.1 Å². The van der Waals surface area contributed by atoms with Gasteiger partial charge in [-0.2, -0.15) is 4.98 Å². The summed E-state index contributed by atoms with van der Waals surface area (Å²) in [7, 11) is -1.08. The molecule has 1 atom stereocenters. The van der Waals surface area contributed by atoms with Gasteiger partial charge in [-0.15, -0.1) is 0 Å². The molecule has 9 heteroatoms. The maximum Gasteiger partial charge on any atom is 0.227 e. The summed E-state index contributed by atoms with van der Waals surface area (Å²) in [6, 6.07) is 12.4. The minimum Gasteiger partial charge on any atom is -0.394 e. The van der Waals surface area contributed by atoms with Crippen LogP contribution in [0.3, 0.4) is 0 Å². The van der Waals surface area contributed by atoms with Crippen molar-refractivity contribution in [3.8, 4) is 0 Å². The third-order valence-corrected chi connectivity index (χ3v) is 8.15. The SMILES string of the molecule is O=S1CCc2nc(N3CCN(c4ccc5ccccc5n4)CC3)nc(NC3(CO)CC3)c21. The van der Waals surface area contributed by atoms with Crippen LogP contribution in [0.2, 0.25) is 0 Å². The van der Waals surface area contributed by atoms with E-state index in [0.29, 0.717) is 23.9 Å². The fourth-order valence-electron chi connectivity index (χ4n) is 4.50. The van der Waals surface area contributed by atoms with E-state index in [-0.39, 0.29) is 12.1 Å². The Morgan fingerprint density at radius 1 is 1.00 bits per heavy atom. The molecule has 1 saturated carbocycles. The van der Waals surface area contributed by atoms with Crippen molar-refractivity contribution in [2.75, 3.05) is 53.7 Å². The van der Waals surface area contributed by atoms with Crippen LogP contribution in [0.15, 0.2) is 41.3 Å². The largest absolute Gasteiger partial charge is 0.394 e. The van der Waals surface area contributed by atoms with E-state index >= 15 is 0 Å². The van der Waals surface area contributed by atoms with Crippen molar-refractivity contribution in [1.29, 1.82) is 0 Å². The van der Waals surface area contributed by atoms with Crippen LogP contribution in [0, 0.1) is 0 Å². The highest BCUT2D eigenvalue weighted by Crippen LogP contribution is 2.41. The highest BCUT2D eigenvalue weighted by Gasteiger charge is 2.44. The number of rotatable bonds is 5. The van der Waals surface area contributed by atoms with Crippen LogP contribution in [-0.2, 0) is 17.2 Å². The number of aliphatic hydroxyl groups is 1. The molecule has 0 spiro atoms. The molecule has 6 rings (SSSR count). The maximum atomic E-state index is 12.6. The summed E-state index contributed by atoms with van der Waals surface area (Å²) in [5, 5.41) is 14.3. The number of para-hydroxylation sites is 1. The highest BCUT2D eigenvalue weighted by molar-refractivity contribution is 7.85. The molecule has 1 aliphatic carbocycles. The van der Waals surface area contributed by atoms with Gasteiger partial charge in [-0.25, -0.2) is 9.97 Å². The number of hydrogen-bond acceptors (Lipinski definition) is 8. The number of benzene rings is 1. The molecule has 2 aliphatic heterocycles. The Morgan fingerprint density at radius 3 is 2.56 bits per heavy atom. The Balaban J connectivity index is 1.23. The lowest BCUT2D eigenvalue weighted by atomic mass is 10.2. The third kappa shape index (κ3) is 3.49. The molecule has 3 aromatic rings. The molecule has 1 saturated heterocycles. The van der Waals surface area contributed by atoms with E-state index in [1.165, 1.54) is 0 Å². The average molecular weight is 451 g/mol. The van der Waals surface area contributed by atoms with Gasteiger partial charge in [0.15, 0.2) is 0 Å². The number of fused-ring (bicyclic) bond motifs is 2. The van der Waals surface area contributed by atoms with Gasteiger partial charge < -0.3 is 20.2 Å². The summed E-state index contributed by atoms with van der Waals surface area (Å²) in [5.41, 5.74) is 1.58. The van der Waals surface area contributed by atoms with Crippen LogP contribution in [0.4, 0.5) is 17.6 Å². The summed E-state index contributed by atoms with van der Waals surface area (Å²) >= 11 is 0. The molecule has 2 fully saturated rings. The highest BCUT2D eigenvalue weighted by atomic mass is 32.2. The summed E-state index contributed by atoms with van der Waals surface area (Å²) in [4.78, 5) is 19.6. The number of anilines is 3. The lowest BCUT2D eigenvalue weighted by Gasteiger charge is -2.35. The molecule has 166 valence electrons. The van der Waals surface area contributed by atoms with Crippen molar-refractivity contribution in [2.24, 2.45) is 0 Å². The molecule has 2 N–H and O–H groups in total. The van der Waals surface area contributed by atoms with Crippen molar-refractivity contribution in [3.63, 3.8) is 0 Å². The first-order valence-electron chi connectivity index (χ1n) is 11.2. The number of piperazine rings is 1. The Bertz CT molecular complexity index is 1210. The van der Waals surface area contributed by atoms with Crippen molar-refractivity contribution in [1.82, 2.24) is 15.0 Å². The van der Waals surface area contributed by atoms with Gasteiger partial charge >= 0.3 is 0 Å². The Morgan fingerprint density at radius 2 is 1.78 bits per heavy atom. The van der Waals surface area contributed by atoms with E-state index in [4.69, 9.17) is 15.0 Å². The quantitative estimate of drug-likeness (QED) is 0.609. The van der Waals surface area contributed by atoms with Gasteiger partial charge in [0.2, 0.25) is 5.95 Å². The summed E-state index contributed by atoms with van der Waals surface area (Å²) in [5.74, 6) is 2.92. The normalized spacial score (nSPS) is 21.6. The molecule has 2 aromatic heterocycles. The third-order valence-electron chi connectivity index (χ3n) is 6.69. The van der Waals surface area contributed by atoms with Crippen LogP contribution in [0.5, 0.6) is 0 Å². The number of aromatic nitrogens is 3. The van der Waals surface area contributed by atoms with Crippen molar-refractivity contribution < 1.29 is 9.32 Å². The van der Waals surface area contributed by atoms with Crippen LogP contribution >= 0.6 is 0 Å². The first-order valence-corrected chi connectivity index (χ1v) is 12.5. The molecule has 0 radical (unpaired) electrons. The zero-order chi connectivity index (χ0) is 21.7. The van der Waals surface area contributed by atoms with E-state index < -0.39 is 10.8 Å². The minimum absolute atomic E-state index is 0.0607. The number of nitrogens with zero attached hydrogens (tertiary/aromatic N) is 5. The second-order valence-corrected chi connectivity index (χ2v) is 10.4. The van der Waals surface area contributed by atoms with E-state index in [1.807, 2.05) is 18.2 Å². The number of aliphatic hydroxyl groups excluding tert-OH is 1. The first kappa shape index (κ1) is 19.9. The lowest BCUT2D eigenvalue weighted by molar-refractivity contribution is 0.265. The van der Waals surface area contributed by atoms with Crippen LogP contribution in [-0.4, -0.2) is 68.3 Å². The second-order valence-electron chi connectivity index (χ2n) is 8.85. The average Bonchev–Trinajstić information content (AvgIpc) is 3.52. The number of nitrogens with one attached hydrogen (secondary N) is 1. The van der Waals surface area contributed by atoms with Crippen LogP contribution < -0.4 is 15.1 Å². The van der Waals surface area contributed by atoms with E-state index in [0.717, 1.165) is 66.3 Å². The van der Waals surface area contributed by atoms with Crippen molar-refractivity contribution >= 4 is 39.3 Å². The molecule has 8 nitrogen and oxygen atoms in total. The topological polar surface area (TPSA) is 94.5 Å². The molecule has 1 unspecified atom stereocenters. The van der Waals surface area contributed by atoms with Gasteiger partial charge in [-0.3, -0.25) is 4.21 Å². The first-order chi connectivity index (χ1) is 15.6. The zero-order valence-corrected chi connectivity index (χ0v) is 18.6. The van der Waals surface area contributed by atoms with Gasteiger partial charge in [0, 0.05) is 43.7 Å². The van der Waals surface area contributed by atoms with Gasteiger partial charge in [0.05, 0.1) is 34.2 Å². The molecule has 0 amide bonds. The predicted octanol–water partition coefficient (Wildman–Crippen LogP) is 1.95. The number of pyridine rings is 1. The molecular formula is C23H26N6O2S. The molecule has 1 aromatic carbocycles. The zero-order valence-electron chi connectivity index (χ0n) is 17.8. The van der Waals surface area contributed by atoms with Gasteiger partial charge in [0.25, 0.3) is 0 Å². The fraction of sp³-hybridized carbons (Fsp3) is 0.435. The van der Waals surface area contributed by atoms with Crippen molar-refractivity contribution in [2.45, 2.75) is 29.7 Å². The Hall–Kier alpha value is -2.78. The molecule has 0 bridgehead atoms. The minimum atomic E-state index is -1.08. The Kier molecular flexibility index (Phi) is 4.76. The second kappa shape index (κ2) is 7.67. The monoisotopic (exact) mass is 450 g/mol. The molecule has 32 heavy (non-hydrogen) atoms. The lowest BCUT2D eigenvalue weighted by Crippen LogP contribution is -2.47. The summed E-state index contributed by atoms with van der Waals surface area (Å²) < 4.78 is 12.6. The standard InChI is InChI=1S/C23H26N6O2S/c30-15-23(8-9-23)27-21-20-18(7-14-32(20)31)25-22(26-21)29-12-10-28(11-13-29)19-6-5-16-3-1-2-4-17(16)24-19/h1-6,30H,7-15H2,(H,25,26,27). The van der Waals surface area contributed by atoms with Gasteiger partial charge in [-0.05, 0) is 31.0 Å². The van der Waals surface area contributed by atoms with E-state index in [1.54, 1.807) is 0 Å². The Labute approximate surface area is 189 Å². The molecule has 4 heterocycles. The fourth-order valence-corrected chi connectivity index (χ4v) is 5.81. The number of aryl methyl sites for hydroxylation is 1. The summed E-state index contributed by atoms with van der Waals surface area (Å²) in [6.07, 6.45) is 2.52. The maximum absolute atomic E-state index is 12.6. The predicted molar refractivity (Wildman–Crippen MR) is 126 cm³/mol.